The van der Waals surface area contributed by atoms with Gasteiger partial charge in [0.1, 0.15) is 0 Å². The molecule has 7 aromatic rings. The van der Waals surface area contributed by atoms with Crippen LogP contribution >= 0.6 is 11.3 Å². The molecular weight excluding hydrogens is 464 g/mol. The van der Waals surface area contributed by atoms with E-state index in [4.69, 9.17) is 0 Å². The summed E-state index contributed by atoms with van der Waals surface area (Å²) in [7, 11) is 0. The molecule has 7 rings (SSSR count). The second-order valence-corrected chi connectivity index (χ2v) is 12.0. The topological polar surface area (TPSA) is 0 Å². The Morgan fingerprint density at radius 2 is 0.973 bits per heavy atom. The van der Waals surface area contributed by atoms with Gasteiger partial charge in [-0.15, -0.1) is 11.3 Å². The molecule has 0 spiro atoms. The first-order valence-electron chi connectivity index (χ1n) is 13.0. The van der Waals surface area contributed by atoms with Crippen LogP contribution in [-0.4, -0.2) is 0 Å². The van der Waals surface area contributed by atoms with Gasteiger partial charge in [-0.3, -0.25) is 0 Å². The Morgan fingerprint density at radius 1 is 0.459 bits per heavy atom. The van der Waals surface area contributed by atoms with Crippen molar-refractivity contribution in [3.8, 4) is 22.3 Å². The molecule has 0 amide bonds. The molecule has 0 saturated heterocycles. The maximum atomic E-state index is 2.31. The summed E-state index contributed by atoms with van der Waals surface area (Å²) in [6.07, 6.45) is 0. The van der Waals surface area contributed by atoms with E-state index in [-0.39, 0.29) is 5.41 Å². The number of hydrogen-bond donors (Lipinski definition) is 0. The Labute approximate surface area is 221 Å². The summed E-state index contributed by atoms with van der Waals surface area (Å²) >= 11 is 1.90. The van der Waals surface area contributed by atoms with Crippen LogP contribution in [0.15, 0.2) is 115 Å². The lowest BCUT2D eigenvalue weighted by Gasteiger charge is -2.21. The van der Waals surface area contributed by atoms with Gasteiger partial charge in [0.15, 0.2) is 0 Å². The minimum absolute atomic E-state index is 0.134. The SMILES string of the molecule is CC(C)(C)c1ccc(-c2c3ccccc3c(-c3cccc4c3sc3ccccc34)c3ccccc23)cc1. The standard InChI is InChI=1S/C36H28S/c1-36(2,3)24-21-19-23(20-22-24)33-26-12-4-6-14-28(26)34(29-15-7-5-13-27(29)33)31-17-10-16-30-25-11-8-9-18-32(25)37-35(30)31/h4-22H,1-3H3. The highest BCUT2D eigenvalue weighted by molar-refractivity contribution is 7.26. The lowest BCUT2D eigenvalue weighted by atomic mass is 9.83. The highest BCUT2D eigenvalue weighted by Gasteiger charge is 2.20. The molecule has 0 aliphatic rings. The monoisotopic (exact) mass is 492 g/mol. The molecule has 1 heteroatoms. The van der Waals surface area contributed by atoms with Crippen LogP contribution in [0.2, 0.25) is 0 Å². The first-order chi connectivity index (χ1) is 18.0. The molecule has 0 radical (unpaired) electrons. The van der Waals surface area contributed by atoms with E-state index in [0.29, 0.717) is 0 Å². The average Bonchev–Trinajstić information content (AvgIpc) is 3.30. The van der Waals surface area contributed by atoms with Crippen molar-refractivity contribution in [3.05, 3.63) is 121 Å². The predicted octanol–water partition coefficient (Wildman–Crippen LogP) is 11.0. The van der Waals surface area contributed by atoms with Crippen molar-refractivity contribution in [2.45, 2.75) is 26.2 Å². The fourth-order valence-electron chi connectivity index (χ4n) is 5.81. The number of thiophene rings is 1. The number of fused-ring (bicyclic) bond motifs is 5. The molecule has 6 aromatic carbocycles. The summed E-state index contributed by atoms with van der Waals surface area (Å²) < 4.78 is 2.70. The van der Waals surface area contributed by atoms with Crippen molar-refractivity contribution >= 4 is 53.1 Å². The quantitative estimate of drug-likeness (QED) is 0.211. The minimum Gasteiger partial charge on any atom is -0.135 e. The van der Waals surface area contributed by atoms with Crippen molar-refractivity contribution in [2.24, 2.45) is 0 Å². The molecule has 0 atom stereocenters. The second-order valence-electron chi connectivity index (χ2n) is 10.9. The molecule has 0 aliphatic carbocycles. The van der Waals surface area contributed by atoms with Crippen LogP contribution in [0.25, 0.3) is 64.0 Å². The number of hydrogen-bond acceptors (Lipinski definition) is 1. The highest BCUT2D eigenvalue weighted by atomic mass is 32.1. The van der Waals surface area contributed by atoms with Gasteiger partial charge in [-0.05, 0) is 55.3 Å². The van der Waals surface area contributed by atoms with E-state index >= 15 is 0 Å². The Hall–Kier alpha value is -3.94. The third-order valence-electron chi connectivity index (χ3n) is 7.64. The second kappa shape index (κ2) is 8.30. The molecule has 0 N–H and O–H groups in total. The van der Waals surface area contributed by atoms with Gasteiger partial charge in [0.2, 0.25) is 0 Å². The Morgan fingerprint density at radius 3 is 1.57 bits per heavy atom. The Bertz CT molecular complexity index is 1890. The van der Waals surface area contributed by atoms with E-state index < -0.39 is 0 Å². The Kier molecular flexibility index (Phi) is 4.99. The molecule has 0 bridgehead atoms. The van der Waals surface area contributed by atoms with Crippen LogP contribution in [-0.2, 0) is 5.41 Å². The smallest absolute Gasteiger partial charge is 0.0434 e. The van der Waals surface area contributed by atoms with Crippen molar-refractivity contribution in [2.75, 3.05) is 0 Å². The normalized spacial score (nSPS) is 12.2. The summed E-state index contributed by atoms with van der Waals surface area (Å²) in [6, 6.07) is 42.7. The summed E-state index contributed by atoms with van der Waals surface area (Å²) in [5.41, 5.74) is 6.73. The molecule has 0 unspecified atom stereocenters. The van der Waals surface area contributed by atoms with E-state index in [2.05, 4.69) is 136 Å². The van der Waals surface area contributed by atoms with Crippen molar-refractivity contribution in [1.82, 2.24) is 0 Å². The highest BCUT2D eigenvalue weighted by Crippen LogP contribution is 2.47. The molecule has 1 heterocycles. The molecule has 0 aliphatic heterocycles. The van der Waals surface area contributed by atoms with Crippen molar-refractivity contribution in [1.29, 1.82) is 0 Å². The summed E-state index contributed by atoms with van der Waals surface area (Å²) in [5, 5.41) is 7.90. The zero-order valence-corrected chi connectivity index (χ0v) is 22.2. The van der Waals surface area contributed by atoms with Crippen molar-refractivity contribution < 1.29 is 0 Å². The molecule has 178 valence electrons. The fraction of sp³-hybridized carbons (Fsp3) is 0.111. The molecule has 0 nitrogen and oxygen atoms in total. The maximum Gasteiger partial charge on any atom is 0.0434 e. The van der Waals surface area contributed by atoms with E-state index in [1.807, 2.05) is 11.3 Å². The van der Waals surface area contributed by atoms with E-state index in [1.54, 1.807) is 0 Å². The Balaban J connectivity index is 1.59. The third kappa shape index (κ3) is 3.49. The fourth-order valence-corrected chi connectivity index (χ4v) is 7.03. The lowest BCUT2D eigenvalue weighted by Crippen LogP contribution is -2.10. The van der Waals surface area contributed by atoms with Gasteiger partial charge in [-0.25, -0.2) is 0 Å². The van der Waals surface area contributed by atoms with Gasteiger partial charge in [0.25, 0.3) is 0 Å². The van der Waals surface area contributed by atoms with Crippen LogP contribution in [0.4, 0.5) is 0 Å². The summed E-state index contributed by atoms with van der Waals surface area (Å²) in [6.45, 7) is 6.82. The van der Waals surface area contributed by atoms with E-state index in [1.165, 1.54) is 69.5 Å². The largest absolute Gasteiger partial charge is 0.135 e. The van der Waals surface area contributed by atoms with Gasteiger partial charge in [0, 0.05) is 25.7 Å². The molecule has 37 heavy (non-hydrogen) atoms. The first kappa shape index (κ1) is 22.3. The predicted molar refractivity (Wildman–Crippen MR) is 164 cm³/mol. The summed E-state index contributed by atoms with van der Waals surface area (Å²) in [4.78, 5) is 0. The van der Waals surface area contributed by atoms with Crippen LogP contribution in [0.5, 0.6) is 0 Å². The lowest BCUT2D eigenvalue weighted by molar-refractivity contribution is 0.590. The maximum absolute atomic E-state index is 2.31. The van der Waals surface area contributed by atoms with Gasteiger partial charge in [0.05, 0.1) is 0 Å². The average molecular weight is 493 g/mol. The van der Waals surface area contributed by atoms with Crippen LogP contribution in [0, 0.1) is 0 Å². The van der Waals surface area contributed by atoms with Crippen LogP contribution in [0.3, 0.4) is 0 Å². The van der Waals surface area contributed by atoms with E-state index in [0.717, 1.165) is 0 Å². The van der Waals surface area contributed by atoms with Crippen LogP contribution in [0.1, 0.15) is 26.3 Å². The number of rotatable bonds is 2. The van der Waals surface area contributed by atoms with Gasteiger partial charge in [-0.2, -0.15) is 0 Å². The molecule has 1 aromatic heterocycles. The molecule has 0 fully saturated rings. The first-order valence-corrected chi connectivity index (χ1v) is 13.8. The van der Waals surface area contributed by atoms with Gasteiger partial charge < -0.3 is 0 Å². The van der Waals surface area contributed by atoms with Gasteiger partial charge in [-0.1, -0.05) is 130 Å². The zero-order chi connectivity index (χ0) is 25.1. The molecular formula is C36H28S. The van der Waals surface area contributed by atoms with Crippen molar-refractivity contribution in [3.63, 3.8) is 0 Å². The third-order valence-corrected chi connectivity index (χ3v) is 8.86. The zero-order valence-electron chi connectivity index (χ0n) is 21.4. The van der Waals surface area contributed by atoms with E-state index in [9.17, 15) is 0 Å². The van der Waals surface area contributed by atoms with Crippen LogP contribution < -0.4 is 0 Å². The molecule has 0 saturated carbocycles. The number of benzene rings is 6. The minimum atomic E-state index is 0.134. The summed E-state index contributed by atoms with van der Waals surface area (Å²) in [5.74, 6) is 0. The van der Waals surface area contributed by atoms with Gasteiger partial charge >= 0.3 is 0 Å².